The molecule has 1 aliphatic rings. The van der Waals surface area contributed by atoms with Crippen LogP contribution in [0.25, 0.3) is 0 Å². The predicted molar refractivity (Wildman–Crippen MR) is 64.0 cm³/mol. The molecule has 5 nitrogen and oxygen atoms in total. The molecule has 6 heteroatoms. The Balaban J connectivity index is 1.96. The summed E-state index contributed by atoms with van der Waals surface area (Å²) in [5, 5.41) is 6.64. The van der Waals surface area contributed by atoms with Gasteiger partial charge in [-0.25, -0.2) is 4.98 Å². The Morgan fingerprint density at radius 1 is 1.62 bits per heavy atom. The molecule has 1 fully saturated rings. The lowest BCUT2D eigenvalue weighted by molar-refractivity contribution is 0.187. The molecule has 1 atom stereocenters. The van der Waals surface area contributed by atoms with E-state index in [2.05, 4.69) is 20.6 Å². The number of nitrogens with zero attached hydrogens (tertiary/aromatic N) is 2. The first-order chi connectivity index (χ1) is 7.79. The van der Waals surface area contributed by atoms with E-state index in [0.29, 0.717) is 22.7 Å². The van der Waals surface area contributed by atoms with Gasteiger partial charge in [-0.3, -0.25) is 0 Å². The number of hydrogen-bond acceptors (Lipinski definition) is 5. The van der Waals surface area contributed by atoms with E-state index in [1.807, 2.05) is 0 Å². The van der Waals surface area contributed by atoms with Gasteiger partial charge in [0.1, 0.15) is 10.8 Å². The van der Waals surface area contributed by atoms with Crippen LogP contribution in [-0.4, -0.2) is 36.8 Å². The van der Waals surface area contributed by atoms with E-state index in [9.17, 15) is 0 Å². The van der Waals surface area contributed by atoms with E-state index in [-0.39, 0.29) is 0 Å². The van der Waals surface area contributed by atoms with Crippen LogP contribution in [0, 0.1) is 5.92 Å². The second kappa shape index (κ2) is 5.32. The van der Waals surface area contributed by atoms with Crippen molar-refractivity contribution in [2.45, 2.75) is 6.42 Å². The maximum atomic E-state index is 5.99. The van der Waals surface area contributed by atoms with Crippen molar-refractivity contribution in [2.24, 2.45) is 5.92 Å². The molecule has 88 valence electrons. The van der Waals surface area contributed by atoms with Gasteiger partial charge in [0, 0.05) is 26.1 Å². The third-order valence-electron chi connectivity index (χ3n) is 2.55. The quantitative estimate of drug-likeness (QED) is 0.840. The summed E-state index contributed by atoms with van der Waals surface area (Å²) in [6.45, 7) is 2.50. The van der Waals surface area contributed by atoms with Gasteiger partial charge in [-0.15, -0.1) is 0 Å². The number of ether oxygens (including phenoxy) is 1. The third-order valence-corrected chi connectivity index (χ3v) is 2.83. The summed E-state index contributed by atoms with van der Waals surface area (Å²) in [6, 6.07) is 0. The zero-order valence-corrected chi connectivity index (χ0v) is 9.92. The first-order valence-corrected chi connectivity index (χ1v) is 5.69. The number of nitrogens with one attached hydrogen (secondary N) is 2. The molecule has 0 amide bonds. The molecule has 0 aromatic carbocycles. The minimum atomic E-state index is 0.540. The molecule has 0 saturated carbocycles. The predicted octanol–water partition coefficient (Wildman–Crippen LogP) is 1.62. The average Bonchev–Trinajstić information content (AvgIpc) is 2.81. The highest BCUT2D eigenvalue weighted by molar-refractivity contribution is 6.32. The van der Waals surface area contributed by atoms with Crippen LogP contribution in [-0.2, 0) is 4.74 Å². The second-order valence-electron chi connectivity index (χ2n) is 3.75. The van der Waals surface area contributed by atoms with Crippen LogP contribution >= 0.6 is 11.6 Å². The maximum Gasteiger partial charge on any atom is 0.224 e. The molecular weight excluding hydrogens is 228 g/mol. The van der Waals surface area contributed by atoms with Gasteiger partial charge >= 0.3 is 0 Å². The molecule has 1 aliphatic heterocycles. The lowest BCUT2D eigenvalue weighted by Crippen LogP contribution is -2.15. The number of anilines is 2. The number of halogens is 1. The number of hydrogen-bond donors (Lipinski definition) is 2. The van der Waals surface area contributed by atoms with E-state index in [1.165, 1.54) is 0 Å². The summed E-state index contributed by atoms with van der Waals surface area (Å²) < 4.78 is 5.30. The fraction of sp³-hybridized carbons (Fsp3) is 0.600. The van der Waals surface area contributed by atoms with Crippen LogP contribution in [0.3, 0.4) is 0 Å². The van der Waals surface area contributed by atoms with Gasteiger partial charge in [-0.2, -0.15) is 4.98 Å². The molecule has 1 saturated heterocycles. The molecule has 16 heavy (non-hydrogen) atoms. The molecule has 1 unspecified atom stereocenters. The fourth-order valence-corrected chi connectivity index (χ4v) is 1.75. The standard InChI is InChI=1S/C10H15ClN4O/c1-12-10-14-5-8(11)9(15-10)13-4-7-2-3-16-6-7/h5,7H,2-4,6H2,1H3,(H2,12,13,14,15). The number of rotatable bonds is 4. The molecule has 2 N–H and O–H groups in total. The second-order valence-corrected chi connectivity index (χ2v) is 4.16. The minimum Gasteiger partial charge on any atom is -0.381 e. The first-order valence-electron chi connectivity index (χ1n) is 5.31. The van der Waals surface area contributed by atoms with Crippen LogP contribution in [0.4, 0.5) is 11.8 Å². The SMILES string of the molecule is CNc1ncc(Cl)c(NCC2CCOC2)n1. The Hall–Kier alpha value is -1.07. The van der Waals surface area contributed by atoms with Crippen molar-refractivity contribution >= 4 is 23.4 Å². The summed E-state index contributed by atoms with van der Waals surface area (Å²) in [5.74, 6) is 1.78. The van der Waals surface area contributed by atoms with E-state index >= 15 is 0 Å². The van der Waals surface area contributed by atoms with Crippen LogP contribution in [0.1, 0.15) is 6.42 Å². The molecule has 2 rings (SSSR count). The van der Waals surface area contributed by atoms with Crippen molar-refractivity contribution in [1.29, 1.82) is 0 Å². The topological polar surface area (TPSA) is 59.1 Å². The summed E-state index contributed by atoms with van der Waals surface area (Å²) in [5.41, 5.74) is 0. The van der Waals surface area contributed by atoms with Crippen molar-refractivity contribution < 1.29 is 4.74 Å². The average molecular weight is 243 g/mol. The Bertz CT molecular complexity index is 355. The smallest absolute Gasteiger partial charge is 0.224 e. The van der Waals surface area contributed by atoms with Crippen molar-refractivity contribution in [3.05, 3.63) is 11.2 Å². The summed E-state index contributed by atoms with van der Waals surface area (Å²) in [4.78, 5) is 8.26. The van der Waals surface area contributed by atoms with E-state index in [0.717, 1.165) is 26.2 Å². The van der Waals surface area contributed by atoms with Crippen molar-refractivity contribution in [2.75, 3.05) is 37.4 Å². The molecule has 1 aromatic rings. The van der Waals surface area contributed by atoms with E-state index in [4.69, 9.17) is 16.3 Å². The lowest BCUT2D eigenvalue weighted by Gasteiger charge is -2.11. The minimum absolute atomic E-state index is 0.540. The third kappa shape index (κ3) is 2.74. The van der Waals surface area contributed by atoms with Crippen LogP contribution in [0.2, 0.25) is 5.02 Å². The summed E-state index contributed by atoms with van der Waals surface area (Å²) in [7, 11) is 1.78. The Morgan fingerprint density at radius 2 is 2.50 bits per heavy atom. The van der Waals surface area contributed by atoms with Crippen LogP contribution in [0.5, 0.6) is 0 Å². The molecule has 2 heterocycles. The molecule has 0 aliphatic carbocycles. The van der Waals surface area contributed by atoms with Crippen LogP contribution < -0.4 is 10.6 Å². The van der Waals surface area contributed by atoms with Gasteiger partial charge in [-0.1, -0.05) is 11.6 Å². The van der Waals surface area contributed by atoms with Crippen molar-refractivity contribution in [3.8, 4) is 0 Å². The van der Waals surface area contributed by atoms with Crippen LogP contribution in [0.15, 0.2) is 6.20 Å². The molecule has 1 aromatic heterocycles. The molecule has 0 radical (unpaired) electrons. The first kappa shape index (κ1) is 11.4. The zero-order valence-electron chi connectivity index (χ0n) is 9.16. The molecule has 0 spiro atoms. The van der Waals surface area contributed by atoms with Gasteiger partial charge in [0.25, 0.3) is 0 Å². The monoisotopic (exact) mass is 242 g/mol. The van der Waals surface area contributed by atoms with Gasteiger partial charge < -0.3 is 15.4 Å². The van der Waals surface area contributed by atoms with E-state index < -0.39 is 0 Å². The summed E-state index contributed by atoms with van der Waals surface area (Å²) >= 11 is 5.99. The summed E-state index contributed by atoms with van der Waals surface area (Å²) in [6.07, 6.45) is 2.68. The Morgan fingerprint density at radius 3 is 3.19 bits per heavy atom. The maximum absolute atomic E-state index is 5.99. The van der Waals surface area contributed by atoms with Crippen molar-refractivity contribution in [1.82, 2.24) is 9.97 Å². The highest BCUT2D eigenvalue weighted by Crippen LogP contribution is 2.20. The molecule has 0 bridgehead atoms. The van der Waals surface area contributed by atoms with E-state index in [1.54, 1.807) is 13.2 Å². The van der Waals surface area contributed by atoms with Gasteiger partial charge in [0.05, 0.1) is 12.8 Å². The Labute approximate surface area is 99.6 Å². The van der Waals surface area contributed by atoms with Gasteiger partial charge in [0.2, 0.25) is 5.95 Å². The number of aromatic nitrogens is 2. The Kier molecular flexibility index (Phi) is 3.79. The van der Waals surface area contributed by atoms with Gasteiger partial charge in [0.15, 0.2) is 0 Å². The van der Waals surface area contributed by atoms with Gasteiger partial charge in [-0.05, 0) is 6.42 Å². The normalized spacial score (nSPS) is 19.8. The zero-order chi connectivity index (χ0) is 11.4. The highest BCUT2D eigenvalue weighted by atomic mass is 35.5. The fourth-order valence-electron chi connectivity index (χ4n) is 1.60. The largest absolute Gasteiger partial charge is 0.381 e. The lowest BCUT2D eigenvalue weighted by atomic mass is 10.1. The van der Waals surface area contributed by atoms with Crippen molar-refractivity contribution in [3.63, 3.8) is 0 Å². The highest BCUT2D eigenvalue weighted by Gasteiger charge is 2.16. The molecular formula is C10H15ClN4O.